The zero-order valence-corrected chi connectivity index (χ0v) is 18.8. The number of fused-ring (bicyclic) bond motifs is 3. The number of nitrogens with zero attached hydrogens (tertiary/aromatic N) is 3. The second kappa shape index (κ2) is 8.24. The smallest absolute Gasteiger partial charge is 0.203 e. The normalized spacial score (nSPS) is 14.8. The summed E-state index contributed by atoms with van der Waals surface area (Å²) in [6, 6.07) is 10.3. The third-order valence-electron chi connectivity index (χ3n) is 6.21. The quantitative estimate of drug-likeness (QED) is 0.462. The molecule has 5 rings (SSSR count). The fourth-order valence-electron chi connectivity index (χ4n) is 4.38. The van der Waals surface area contributed by atoms with Gasteiger partial charge in [0.15, 0.2) is 11.5 Å². The molecule has 0 aliphatic carbocycles. The van der Waals surface area contributed by atoms with Gasteiger partial charge in [-0.1, -0.05) is 0 Å². The summed E-state index contributed by atoms with van der Waals surface area (Å²) in [5, 5.41) is 2.04. The number of benzene rings is 2. The van der Waals surface area contributed by atoms with E-state index in [1.165, 1.54) is 5.69 Å². The first-order valence-corrected chi connectivity index (χ1v) is 10.7. The van der Waals surface area contributed by atoms with Crippen molar-refractivity contribution < 1.29 is 18.6 Å². The van der Waals surface area contributed by atoms with Crippen molar-refractivity contribution in [1.82, 2.24) is 9.88 Å². The van der Waals surface area contributed by atoms with E-state index in [1.54, 1.807) is 21.3 Å². The predicted octanol–water partition coefficient (Wildman–Crippen LogP) is 4.43. The van der Waals surface area contributed by atoms with Gasteiger partial charge in [-0.05, 0) is 36.9 Å². The Kier molecular flexibility index (Phi) is 5.27. The molecule has 1 saturated heterocycles. The second-order valence-corrected chi connectivity index (χ2v) is 8.05. The molecular formula is C25H27N3O4. The average molecular weight is 434 g/mol. The van der Waals surface area contributed by atoms with Gasteiger partial charge in [0.1, 0.15) is 11.2 Å². The number of piperazine rings is 1. The van der Waals surface area contributed by atoms with E-state index in [-0.39, 0.29) is 0 Å². The van der Waals surface area contributed by atoms with Gasteiger partial charge in [-0.15, -0.1) is 0 Å². The molecule has 2 aromatic heterocycles. The molecule has 0 saturated carbocycles. The number of aromatic nitrogens is 1. The number of anilines is 1. The predicted molar refractivity (Wildman–Crippen MR) is 126 cm³/mol. The Labute approximate surface area is 187 Å². The van der Waals surface area contributed by atoms with E-state index in [0.717, 1.165) is 59.2 Å². The summed E-state index contributed by atoms with van der Waals surface area (Å²) >= 11 is 0. The zero-order valence-electron chi connectivity index (χ0n) is 18.8. The summed E-state index contributed by atoms with van der Waals surface area (Å²) in [6.07, 6.45) is 3.67. The minimum Gasteiger partial charge on any atom is -0.493 e. The first-order chi connectivity index (χ1) is 15.6. The summed E-state index contributed by atoms with van der Waals surface area (Å²) in [5.41, 5.74) is 4.60. The van der Waals surface area contributed by atoms with Crippen molar-refractivity contribution in [2.24, 2.45) is 0 Å². The highest BCUT2D eigenvalue weighted by Gasteiger charge is 2.20. The van der Waals surface area contributed by atoms with Gasteiger partial charge in [-0.3, -0.25) is 4.98 Å². The molecule has 1 fully saturated rings. The third kappa shape index (κ3) is 3.39. The molecule has 4 aromatic rings. The van der Waals surface area contributed by atoms with Gasteiger partial charge in [0, 0.05) is 66.7 Å². The van der Waals surface area contributed by atoms with Crippen molar-refractivity contribution in [2.45, 2.75) is 0 Å². The van der Waals surface area contributed by atoms with Crippen molar-refractivity contribution in [3.05, 3.63) is 42.7 Å². The maximum atomic E-state index is 6.40. The van der Waals surface area contributed by atoms with E-state index in [0.29, 0.717) is 17.2 Å². The van der Waals surface area contributed by atoms with E-state index in [4.69, 9.17) is 18.6 Å². The lowest BCUT2D eigenvalue weighted by Gasteiger charge is -2.34. The molecule has 0 amide bonds. The lowest BCUT2D eigenvalue weighted by Crippen LogP contribution is -2.44. The number of likely N-dealkylation sites (N-methyl/N-ethyl adjacent to an activating group) is 1. The fourth-order valence-corrected chi connectivity index (χ4v) is 4.38. The topological polar surface area (TPSA) is 60.2 Å². The lowest BCUT2D eigenvalue weighted by molar-refractivity contribution is 0.313. The van der Waals surface area contributed by atoms with Gasteiger partial charge in [-0.2, -0.15) is 0 Å². The standard InChI is InChI=1S/C25H27N3O4/c1-27-7-9-28(10-8-27)17-5-6-18-20-15-26-14-19(24(20)32-21(18)13-17)16-11-22(29-2)25(31-4)23(12-16)30-3/h5-6,11-15H,7-10H2,1-4H3. The molecule has 1 aliphatic rings. The Hall–Kier alpha value is -3.45. The van der Waals surface area contributed by atoms with Crippen LogP contribution in [0.15, 0.2) is 47.1 Å². The van der Waals surface area contributed by atoms with Crippen LogP contribution in [0.2, 0.25) is 0 Å². The largest absolute Gasteiger partial charge is 0.493 e. The first kappa shape index (κ1) is 20.5. The maximum Gasteiger partial charge on any atom is 0.203 e. The molecule has 1 aliphatic heterocycles. The first-order valence-electron chi connectivity index (χ1n) is 10.7. The molecule has 0 radical (unpaired) electrons. The molecule has 0 N–H and O–H groups in total. The van der Waals surface area contributed by atoms with Crippen LogP contribution in [0, 0.1) is 0 Å². The van der Waals surface area contributed by atoms with E-state index in [2.05, 4.69) is 40.0 Å². The number of methoxy groups -OCH3 is 3. The molecule has 0 unspecified atom stereocenters. The molecular weight excluding hydrogens is 406 g/mol. The Morgan fingerprint density at radius 1 is 0.844 bits per heavy atom. The Bertz CT molecular complexity index is 1250. The zero-order chi connectivity index (χ0) is 22.2. The van der Waals surface area contributed by atoms with Crippen LogP contribution in [0.3, 0.4) is 0 Å². The summed E-state index contributed by atoms with van der Waals surface area (Å²) in [4.78, 5) is 9.26. The summed E-state index contributed by atoms with van der Waals surface area (Å²) in [6.45, 7) is 4.15. The number of furan rings is 1. The highest BCUT2D eigenvalue weighted by atomic mass is 16.5. The summed E-state index contributed by atoms with van der Waals surface area (Å²) < 4.78 is 22.9. The van der Waals surface area contributed by atoms with Crippen LogP contribution in [-0.4, -0.2) is 64.4 Å². The van der Waals surface area contributed by atoms with Crippen LogP contribution in [-0.2, 0) is 0 Å². The van der Waals surface area contributed by atoms with Crippen LogP contribution >= 0.6 is 0 Å². The highest BCUT2D eigenvalue weighted by Crippen LogP contribution is 2.43. The SMILES string of the molecule is COc1cc(-c2cncc3c2oc2cc(N4CCN(C)CC4)ccc23)cc(OC)c1OC. The highest BCUT2D eigenvalue weighted by molar-refractivity contribution is 6.09. The Balaban J connectivity index is 1.63. The van der Waals surface area contributed by atoms with E-state index < -0.39 is 0 Å². The molecule has 7 heteroatoms. The molecule has 32 heavy (non-hydrogen) atoms. The lowest BCUT2D eigenvalue weighted by atomic mass is 10.0. The van der Waals surface area contributed by atoms with E-state index >= 15 is 0 Å². The van der Waals surface area contributed by atoms with Crippen LogP contribution < -0.4 is 19.1 Å². The van der Waals surface area contributed by atoms with E-state index in [9.17, 15) is 0 Å². The maximum absolute atomic E-state index is 6.40. The van der Waals surface area contributed by atoms with Crippen molar-refractivity contribution in [3.63, 3.8) is 0 Å². The van der Waals surface area contributed by atoms with Gasteiger partial charge in [0.25, 0.3) is 0 Å². The van der Waals surface area contributed by atoms with Gasteiger partial charge < -0.3 is 28.4 Å². The molecule has 7 nitrogen and oxygen atoms in total. The van der Waals surface area contributed by atoms with Crippen LogP contribution in [0.4, 0.5) is 5.69 Å². The number of pyridine rings is 1. The summed E-state index contributed by atoms with van der Waals surface area (Å²) in [5.74, 6) is 1.74. The minimum absolute atomic E-state index is 0.556. The Morgan fingerprint density at radius 2 is 1.56 bits per heavy atom. The number of rotatable bonds is 5. The van der Waals surface area contributed by atoms with Crippen LogP contribution in [0.1, 0.15) is 0 Å². The minimum atomic E-state index is 0.556. The summed E-state index contributed by atoms with van der Waals surface area (Å²) in [7, 11) is 6.99. The van der Waals surface area contributed by atoms with Crippen molar-refractivity contribution >= 4 is 27.6 Å². The van der Waals surface area contributed by atoms with Crippen LogP contribution in [0.25, 0.3) is 33.1 Å². The molecule has 166 valence electrons. The van der Waals surface area contributed by atoms with Gasteiger partial charge >= 0.3 is 0 Å². The average Bonchev–Trinajstić information content (AvgIpc) is 3.21. The van der Waals surface area contributed by atoms with Gasteiger partial charge in [0.2, 0.25) is 5.75 Å². The van der Waals surface area contributed by atoms with Crippen molar-refractivity contribution in [3.8, 4) is 28.4 Å². The third-order valence-corrected chi connectivity index (χ3v) is 6.21. The molecule has 0 spiro atoms. The van der Waals surface area contributed by atoms with Gasteiger partial charge in [0.05, 0.1) is 21.3 Å². The number of hydrogen-bond acceptors (Lipinski definition) is 7. The van der Waals surface area contributed by atoms with Crippen LogP contribution in [0.5, 0.6) is 17.2 Å². The fraction of sp³-hybridized carbons (Fsp3) is 0.320. The van der Waals surface area contributed by atoms with Crippen molar-refractivity contribution in [2.75, 3.05) is 59.5 Å². The number of ether oxygens (including phenoxy) is 3. The molecule has 2 aromatic carbocycles. The Morgan fingerprint density at radius 3 is 2.22 bits per heavy atom. The monoisotopic (exact) mass is 433 g/mol. The van der Waals surface area contributed by atoms with Gasteiger partial charge in [-0.25, -0.2) is 0 Å². The molecule has 3 heterocycles. The number of hydrogen-bond donors (Lipinski definition) is 0. The molecule has 0 bridgehead atoms. The molecule has 0 atom stereocenters. The second-order valence-electron chi connectivity index (χ2n) is 8.05. The van der Waals surface area contributed by atoms with E-state index in [1.807, 2.05) is 24.5 Å². The van der Waals surface area contributed by atoms with Crippen molar-refractivity contribution in [1.29, 1.82) is 0 Å².